The van der Waals surface area contributed by atoms with Crippen LogP contribution in [0.3, 0.4) is 0 Å². The SMILES string of the molecule is CCN1CCC(Oc2ccc3cnccc3c2)CC1. The van der Waals surface area contributed by atoms with Gasteiger partial charge >= 0.3 is 0 Å². The van der Waals surface area contributed by atoms with Crippen molar-refractivity contribution in [1.29, 1.82) is 0 Å². The molecule has 3 nitrogen and oxygen atoms in total. The lowest BCUT2D eigenvalue weighted by molar-refractivity contribution is 0.104. The number of fused-ring (bicyclic) bond motifs is 1. The summed E-state index contributed by atoms with van der Waals surface area (Å²) in [6.45, 7) is 5.67. The van der Waals surface area contributed by atoms with E-state index < -0.39 is 0 Å². The normalized spacial score (nSPS) is 17.7. The molecule has 0 atom stereocenters. The minimum Gasteiger partial charge on any atom is -0.490 e. The number of hydrogen-bond acceptors (Lipinski definition) is 3. The van der Waals surface area contributed by atoms with E-state index >= 15 is 0 Å². The lowest BCUT2D eigenvalue weighted by Gasteiger charge is -2.31. The molecule has 1 fully saturated rings. The monoisotopic (exact) mass is 256 g/mol. The van der Waals surface area contributed by atoms with Crippen LogP contribution in [-0.4, -0.2) is 35.6 Å². The van der Waals surface area contributed by atoms with Crippen LogP contribution in [0.4, 0.5) is 0 Å². The Hall–Kier alpha value is -1.61. The van der Waals surface area contributed by atoms with Gasteiger partial charge in [0.25, 0.3) is 0 Å². The van der Waals surface area contributed by atoms with Crippen molar-refractivity contribution >= 4 is 10.8 Å². The molecule has 0 N–H and O–H groups in total. The quantitative estimate of drug-likeness (QED) is 0.843. The maximum Gasteiger partial charge on any atom is 0.120 e. The summed E-state index contributed by atoms with van der Waals surface area (Å²) in [4.78, 5) is 6.61. The van der Waals surface area contributed by atoms with E-state index in [1.54, 1.807) is 0 Å². The van der Waals surface area contributed by atoms with Crippen molar-refractivity contribution in [2.24, 2.45) is 0 Å². The average Bonchev–Trinajstić information content (AvgIpc) is 2.48. The topological polar surface area (TPSA) is 25.4 Å². The Balaban J connectivity index is 1.68. The van der Waals surface area contributed by atoms with Crippen molar-refractivity contribution in [2.45, 2.75) is 25.9 Å². The molecular weight excluding hydrogens is 236 g/mol. The molecule has 2 aromatic rings. The highest BCUT2D eigenvalue weighted by Gasteiger charge is 2.19. The highest BCUT2D eigenvalue weighted by Crippen LogP contribution is 2.23. The fourth-order valence-corrected chi connectivity index (χ4v) is 2.67. The van der Waals surface area contributed by atoms with Crippen LogP contribution in [0.2, 0.25) is 0 Å². The molecule has 100 valence electrons. The summed E-state index contributed by atoms with van der Waals surface area (Å²) in [7, 11) is 0. The molecule has 1 saturated heterocycles. The molecule has 19 heavy (non-hydrogen) atoms. The van der Waals surface area contributed by atoms with Crippen molar-refractivity contribution in [3.63, 3.8) is 0 Å². The molecule has 0 radical (unpaired) electrons. The predicted molar refractivity (Wildman–Crippen MR) is 77.5 cm³/mol. The Labute approximate surface area is 114 Å². The Bertz CT molecular complexity index is 547. The zero-order valence-electron chi connectivity index (χ0n) is 11.4. The van der Waals surface area contributed by atoms with Crippen LogP contribution in [0, 0.1) is 0 Å². The number of hydrogen-bond donors (Lipinski definition) is 0. The van der Waals surface area contributed by atoms with Crippen molar-refractivity contribution < 1.29 is 4.74 Å². The molecule has 1 aliphatic rings. The maximum absolute atomic E-state index is 6.11. The molecule has 0 aliphatic carbocycles. The van der Waals surface area contributed by atoms with Crippen LogP contribution in [0.1, 0.15) is 19.8 Å². The summed E-state index contributed by atoms with van der Waals surface area (Å²) in [5.74, 6) is 0.980. The van der Waals surface area contributed by atoms with Gasteiger partial charge in [0.05, 0.1) is 0 Å². The van der Waals surface area contributed by atoms with Gasteiger partial charge in [0, 0.05) is 30.9 Å². The number of aromatic nitrogens is 1. The van der Waals surface area contributed by atoms with E-state index in [9.17, 15) is 0 Å². The van der Waals surface area contributed by atoms with E-state index in [1.807, 2.05) is 18.5 Å². The molecule has 3 rings (SSSR count). The Kier molecular flexibility index (Phi) is 3.65. The van der Waals surface area contributed by atoms with E-state index in [0.29, 0.717) is 6.10 Å². The molecular formula is C16H20N2O. The predicted octanol–water partition coefficient (Wildman–Crippen LogP) is 3.10. The lowest BCUT2D eigenvalue weighted by Crippen LogP contribution is -2.37. The van der Waals surface area contributed by atoms with E-state index in [-0.39, 0.29) is 0 Å². The molecule has 0 bridgehead atoms. The summed E-state index contributed by atoms with van der Waals surface area (Å²) in [6, 6.07) is 8.28. The summed E-state index contributed by atoms with van der Waals surface area (Å²) in [6.07, 6.45) is 6.33. The van der Waals surface area contributed by atoms with Gasteiger partial charge in [-0.2, -0.15) is 0 Å². The highest BCUT2D eigenvalue weighted by molar-refractivity contribution is 5.82. The third-order valence-corrected chi connectivity index (χ3v) is 3.90. The number of piperidine rings is 1. The first kappa shape index (κ1) is 12.4. The van der Waals surface area contributed by atoms with Gasteiger partial charge in [-0.25, -0.2) is 0 Å². The number of likely N-dealkylation sites (tertiary alicyclic amines) is 1. The summed E-state index contributed by atoms with van der Waals surface area (Å²) in [5.41, 5.74) is 0. The van der Waals surface area contributed by atoms with E-state index in [1.165, 1.54) is 5.39 Å². The van der Waals surface area contributed by atoms with Gasteiger partial charge in [-0.1, -0.05) is 6.92 Å². The van der Waals surface area contributed by atoms with Crippen molar-refractivity contribution in [2.75, 3.05) is 19.6 Å². The van der Waals surface area contributed by atoms with E-state index in [4.69, 9.17) is 4.74 Å². The van der Waals surface area contributed by atoms with Gasteiger partial charge in [-0.3, -0.25) is 4.98 Å². The summed E-state index contributed by atoms with van der Waals surface area (Å²) in [5, 5.41) is 2.36. The largest absolute Gasteiger partial charge is 0.490 e. The Morgan fingerprint density at radius 2 is 2.05 bits per heavy atom. The Morgan fingerprint density at radius 1 is 1.21 bits per heavy atom. The van der Waals surface area contributed by atoms with Gasteiger partial charge in [0.1, 0.15) is 11.9 Å². The molecule has 1 aromatic heterocycles. The zero-order valence-corrected chi connectivity index (χ0v) is 11.4. The molecule has 0 spiro atoms. The second kappa shape index (κ2) is 5.57. The average molecular weight is 256 g/mol. The van der Waals surface area contributed by atoms with Gasteiger partial charge in [0.2, 0.25) is 0 Å². The van der Waals surface area contributed by atoms with Gasteiger partial charge in [0.15, 0.2) is 0 Å². The number of nitrogens with zero attached hydrogens (tertiary/aromatic N) is 2. The number of benzene rings is 1. The highest BCUT2D eigenvalue weighted by atomic mass is 16.5. The second-order valence-corrected chi connectivity index (χ2v) is 5.14. The smallest absolute Gasteiger partial charge is 0.120 e. The number of pyridine rings is 1. The maximum atomic E-state index is 6.11. The number of rotatable bonds is 3. The van der Waals surface area contributed by atoms with E-state index in [0.717, 1.165) is 43.6 Å². The molecule has 0 saturated carbocycles. The minimum atomic E-state index is 0.363. The first-order valence-electron chi connectivity index (χ1n) is 7.08. The van der Waals surface area contributed by atoms with Crippen LogP contribution in [0.5, 0.6) is 5.75 Å². The minimum absolute atomic E-state index is 0.363. The van der Waals surface area contributed by atoms with Crippen LogP contribution in [-0.2, 0) is 0 Å². The van der Waals surface area contributed by atoms with Crippen LogP contribution in [0.15, 0.2) is 36.7 Å². The van der Waals surface area contributed by atoms with Crippen LogP contribution < -0.4 is 4.74 Å². The number of ether oxygens (including phenoxy) is 1. The van der Waals surface area contributed by atoms with Crippen molar-refractivity contribution in [1.82, 2.24) is 9.88 Å². The third kappa shape index (κ3) is 2.87. The Morgan fingerprint density at radius 3 is 2.84 bits per heavy atom. The molecule has 1 aliphatic heterocycles. The van der Waals surface area contributed by atoms with Crippen molar-refractivity contribution in [3.05, 3.63) is 36.7 Å². The summed E-state index contributed by atoms with van der Waals surface area (Å²) >= 11 is 0. The van der Waals surface area contributed by atoms with Gasteiger partial charge < -0.3 is 9.64 Å². The lowest BCUT2D eigenvalue weighted by atomic mass is 10.1. The van der Waals surface area contributed by atoms with Gasteiger partial charge in [-0.15, -0.1) is 0 Å². The first-order chi connectivity index (χ1) is 9.35. The molecule has 0 unspecified atom stereocenters. The second-order valence-electron chi connectivity index (χ2n) is 5.14. The molecule has 0 amide bonds. The van der Waals surface area contributed by atoms with Crippen LogP contribution in [0.25, 0.3) is 10.8 Å². The van der Waals surface area contributed by atoms with Crippen LogP contribution >= 0.6 is 0 Å². The fraction of sp³-hybridized carbons (Fsp3) is 0.438. The third-order valence-electron chi connectivity index (χ3n) is 3.90. The van der Waals surface area contributed by atoms with Crippen molar-refractivity contribution in [3.8, 4) is 5.75 Å². The molecule has 1 aromatic carbocycles. The fourth-order valence-electron chi connectivity index (χ4n) is 2.67. The van der Waals surface area contributed by atoms with E-state index in [2.05, 4.69) is 35.0 Å². The zero-order chi connectivity index (χ0) is 13.1. The molecule has 3 heteroatoms. The first-order valence-corrected chi connectivity index (χ1v) is 7.08. The van der Waals surface area contributed by atoms with Gasteiger partial charge in [-0.05, 0) is 49.0 Å². The molecule has 2 heterocycles. The summed E-state index contributed by atoms with van der Waals surface area (Å²) < 4.78 is 6.11. The standard InChI is InChI=1S/C16H20N2O/c1-2-18-9-6-15(7-10-18)19-16-4-3-14-12-17-8-5-13(14)11-16/h3-5,8,11-12,15H,2,6-7,9-10H2,1H3.